The maximum atomic E-state index is 5.34. The first-order valence-electron chi connectivity index (χ1n) is 4.15. The van der Waals surface area contributed by atoms with E-state index in [0.717, 1.165) is 22.7 Å². The summed E-state index contributed by atoms with van der Waals surface area (Å²) in [5, 5.41) is 0. The second-order valence-electron chi connectivity index (χ2n) is 3.05. The van der Waals surface area contributed by atoms with E-state index in [1.54, 1.807) is 0 Å². The van der Waals surface area contributed by atoms with Crippen LogP contribution in [0, 0.1) is 26.2 Å². The van der Waals surface area contributed by atoms with Crippen LogP contribution in [-0.2, 0) is 0 Å². The largest absolute Gasteiger partial charge is 0.300 e. The van der Waals surface area contributed by atoms with Crippen LogP contribution in [0.5, 0.6) is 0 Å². The topological polar surface area (TPSA) is 17.3 Å². The Labute approximate surface area is 77.2 Å². The first-order chi connectivity index (χ1) is 6.24. The summed E-state index contributed by atoms with van der Waals surface area (Å²) in [6.45, 7) is 4.03. The van der Waals surface area contributed by atoms with Gasteiger partial charge in [0.05, 0.1) is 5.69 Å². The molecule has 13 heavy (non-hydrogen) atoms. The minimum absolute atomic E-state index is 0.731. The maximum Gasteiger partial charge on any atom is 0.138 e. The molecular weight excluding hydrogens is 160 g/mol. The number of nitrogens with zero attached hydrogens (tertiary/aromatic N) is 2. The molecule has 0 amide bonds. The lowest BCUT2D eigenvalue weighted by molar-refractivity contribution is 1.04. The second-order valence-corrected chi connectivity index (χ2v) is 3.05. The van der Waals surface area contributed by atoms with Gasteiger partial charge in [0.2, 0.25) is 0 Å². The molecule has 0 aliphatic heterocycles. The molecule has 0 N–H and O–H groups in total. The molecule has 0 unspecified atom stereocenters. The summed E-state index contributed by atoms with van der Waals surface area (Å²) < 4.78 is 2.06. The van der Waals surface area contributed by atoms with Crippen LogP contribution in [0.2, 0.25) is 0 Å². The Morgan fingerprint density at radius 2 is 2.15 bits per heavy atom. The zero-order valence-corrected chi connectivity index (χ0v) is 7.70. The van der Waals surface area contributed by atoms with E-state index in [9.17, 15) is 0 Å². The summed E-state index contributed by atoms with van der Waals surface area (Å²) in [4.78, 5) is 4.32. The molecule has 2 rings (SSSR count). The molecule has 0 saturated carbocycles. The first-order valence-corrected chi connectivity index (χ1v) is 4.15. The van der Waals surface area contributed by atoms with E-state index in [2.05, 4.69) is 15.3 Å². The normalized spacial score (nSPS) is 10.2. The van der Waals surface area contributed by atoms with Gasteiger partial charge in [-0.15, -0.1) is 6.42 Å². The number of aryl methyl sites for hydroxylation is 2. The lowest BCUT2D eigenvalue weighted by atomic mass is 10.3. The summed E-state index contributed by atoms with van der Waals surface area (Å²) in [6, 6.07) is 5.99. The van der Waals surface area contributed by atoms with Gasteiger partial charge in [0, 0.05) is 5.69 Å². The van der Waals surface area contributed by atoms with E-state index >= 15 is 0 Å². The molecule has 2 aromatic rings. The van der Waals surface area contributed by atoms with Gasteiger partial charge in [0.1, 0.15) is 11.3 Å². The predicted octanol–water partition coefficient (Wildman–Crippen LogP) is 1.93. The van der Waals surface area contributed by atoms with Crippen molar-refractivity contribution in [3.8, 4) is 12.3 Å². The Morgan fingerprint density at radius 1 is 1.38 bits per heavy atom. The molecule has 0 bridgehead atoms. The third-order valence-corrected chi connectivity index (χ3v) is 2.21. The third kappa shape index (κ3) is 1.01. The average Bonchev–Trinajstić information content (AvgIpc) is 2.44. The zero-order chi connectivity index (χ0) is 9.42. The summed E-state index contributed by atoms with van der Waals surface area (Å²) >= 11 is 0. The van der Waals surface area contributed by atoms with Gasteiger partial charge in [-0.2, -0.15) is 0 Å². The Kier molecular flexibility index (Phi) is 1.60. The highest BCUT2D eigenvalue weighted by molar-refractivity contribution is 5.48. The molecule has 0 aromatic carbocycles. The summed E-state index contributed by atoms with van der Waals surface area (Å²) in [6.07, 6.45) is 5.34. The van der Waals surface area contributed by atoms with Crippen molar-refractivity contribution in [2.24, 2.45) is 0 Å². The Hall–Kier alpha value is -1.75. The van der Waals surface area contributed by atoms with Crippen molar-refractivity contribution >= 4 is 5.65 Å². The standard InChI is InChI=1S/C11H10N2/c1-4-10-9(3)13-8(2)6-5-7-11(13)12-10/h1,5-7H,2-3H3. The number of imidazole rings is 1. The van der Waals surface area contributed by atoms with Crippen molar-refractivity contribution in [2.75, 3.05) is 0 Å². The third-order valence-electron chi connectivity index (χ3n) is 2.21. The Bertz CT molecular complexity index is 501. The SMILES string of the molecule is C#Cc1nc2cccc(C)n2c1C. The van der Waals surface area contributed by atoms with Crippen molar-refractivity contribution in [3.05, 3.63) is 35.3 Å². The van der Waals surface area contributed by atoms with Crippen LogP contribution in [0.15, 0.2) is 18.2 Å². The van der Waals surface area contributed by atoms with E-state index in [-0.39, 0.29) is 0 Å². The van der Waals surface area contributed by atoms with Crippen LogP contribution in [0.25, 0.3) is 5.65 Å². The highest BCUT2D eigenvalue weighted by Gasteiger charge is 2.06. The predicted molar refractivity (Wildman–Crippen MR) is 52.6 cm³/mol. The molecule has 2 nitrogen and oxygen atoms in total. The van der Waals surface area contributed by atoms with Crippen LogP contribution in [-0.4, -0.2) is 9.38 Å². The number of aromatic nitrogens is 2. The Balaban J connectivity index is 2.95. The number of pyridine rings is 1. The van der Waals surface area contributed by atoms with Gasteiger partial charge in [-0.1, -0.05) is 6.07 Å². The number of hydrogen-bond acceptors (Lipinski definition) is 1. The highest BCUT2D eigenvalue weighted by Crippen LogP contribution is 2.12. The lowest BCUT2D eigenvalue weighted by Gasteiger charge is -1.99. The molecule has 0 saturated heterocycles. The van der Waals surface area contributed by atoms with Gasteiger partial charge in [-0.3, -0.25) is 0 Å². The van der Waals surface area contributed by atoms with Gasteiger partial charge in [0.15, 0.2) is 0 Å². The molecule has 0 radical (unpaired) electrons. The Morgan fingerprint density at radius 3 is 2.77 bits per heavy atom. The minimum Gasteiger partial charge on any atom is -0.300 e. The van der Waals surface area contributed by atoms with Gasteiger partial charge >= 0.3 is 0 Å². The fourth-order valence-electron chi connectivity index (χ4n) is 1.56. The van der Waals surface area contributed by atoms with E-state index in [1.807, 2.05) is 32.0 Å². The average molecular weight is 170 g/mol. The van der Waals surface area contributed by atoms with Gasteiger partial charge in [-0.25, -0.2) is 4.98 Å². The van der Waals surface area contributed by atoms with Gasteiger partial charge in [0.25, 0.3) is 0 Å². The van der Waals surface area contributed by atoms with Crippen LogP contribution in [0.4, 0.5) is 0 Å². The number of rotatable bonds is 0. The van der Waals surface area contributed by atoms with Crippen LogP contribution in [0.1, 0.15) is 17.1 Å². The smallest absolute Gasteiger partial charge is 0.138 e. The molecule has 2 heteroatoms. The highest BCUT2D eigenvalue weighted by atomic mass is 15.0. The number of terminal acetylenes is 1. The molecule has 0 fully saturated rings. The molecule has 2 heterocycles. The first kappa shape index (κ1) is 7.88. The van der Waals surface area contributed by atoms with Crippen molar-refractivity contribution in [3.63, 3.8) is 0 Å². The van der Waals surface area contributed by atoms with E-state index in [4.69, 9.17) is 6.42 Å². The van der Waals surface area contributed by atoms with E-state index < -0.39 is 0 Å². The fourth-order valence-corrected chi connectivity index (χ4v) is 1.56. The lowest BCUT2D eigenvalue weighted by Crippen LogP contribution is -1.92. The summed E-state index contributed by atoms with van der Waals surface area (Å²) in [5.74, 6) is 2.58. The van der Waals surface area contributed by atoms with Crippen molar-refractivity contribution in [2.45, 2.75) is 13.8 Å². The van der Waals surface area contributed by atoms with Crippen molar-refractivity contribution in [1.82, 2.24) is 9.38 Å². The van der Waals surface area contributed by atoms with Crippen LogP contribution >= 0.6 is 0 Å². The van der Waals surface area contributed by atoms with Crippen LogP contribution in [0.3, 0.4) is 0 Å². The summed E-state index contributed by atoms with van der Waals surface area (Å²) in [7, 11) is 0. The molecule has 0 spiro atoms. The monoisotopic (exact) mass is 170 g/mol. The van der Waals surface area contributed by atoms with Gasteiger partial charge < -0.3 is 4.40 Å². The zero-order valence-electron chi connectivity index (χ0n) is 7.70. The summed E-state index contributed by atoms with van der Waals surface area (Å²) in [5.41, 5.74) is 3.85. The van der Waals surface area contributed by atoms with Crippen molar-refractivity contribution < 1.29 is 0 Å². The molecular formula is C11H10N2. The maximum absolute atomic E-state index is 5.34. The molecule has 0 aliphatic rings. The quantitative estimate of drug-likeness (QED) is 0.552. The molecule has 2 aromatic heterocycles. The van der Waals surface area contributed by atoms with Gasteiger partial charge in [-0.05, 0) is 31.9 Å². The molecule has 64 valence electrons. The van der Waals surface area contributed by atoms with Crippen LogP contribution < -0.4 is 0 Å². The number of fused-ring (bicyclic) bond motifs is 1. The minimum atomic E-state index is 0.731. The van der Waals surface area contributed by atoms with E-state index in [0.29, 0.717) is 0 Å². The van der Waals surface area contributed by atoms with Crippen molar-refractivity contribution in [1.29, 1.82) is 0 Å². The molecule has 0 atom stereocenters. The fraction of sp³-hybridized carbons (Fsp3) is 0.182. The molecule has 0 aliphatic carbocycles. The van der Waals surface area contributed by atoms with E-state index in [1.165, 1.54) is 0 Å². The second kappa shape index (κ2) is 2.63. The number of hydrogen-bond donors (Lipinski definition) is 0.